The number of amides is 1. The first-order valence-corrected chi connectivity index (χ1v) is 7.33. The highest BCUT2D eigenvalue weighted by Crippen LogP contribution is 2.28. The number of hydrogen-bond donors (Lipinski definition) is 1. The van der Waals surface area contributed by atoms with Crippen LogP contribution in [0.1, 0.15) is 45.4 Å². The standard InChI is InChI=1S/C12H20N2OS/c1-2-10-12(15)14-11(13-10)8-16-9-6-4-3-5-7-9/h9-10H,2-8H2,1H3,(H,13,14,15). The summed E-state index contributed by atoms with van der Waals surface area (Å²) in [5.41, 5.74) is 0. The molecule has 0 aromatic carbocycles. The lowest BCUT2D eigenvalue weighted by molar-refractivity contribution is -0.120. The van der Waals surface area contributed by atoms with Gasteiger partial charge in [0, 0.05) is 5.25 Å². The van der Waals surface area contributed by atoms with E-state index in [0.717, 1.165) is 23.3 Å². The van der Waals surface area contributed by atoms with Crippen molar-refractivity contribution in [2.45, 2.75) is 56.7 Å². The van der Waals surface area contributed by atoms with Gasteiger partial charge in [-0.3, -0.25) is 9.79 Å². The molecular weight excluding hydrogens is 220 g/mol. The normalized spacial score (nSPS) is 26.7. The van der Waals surface area contributed by atoms with Gasteiger partial charge in [0.25, 0.3) is 0 Å². The van der Waals surface area contributed by atoms with Crippen LogP contribution < -0.4 is 5.32 Å². The van der Waals surface area contributed by atoms with E-state index >= 15 is 0 Å². The molecule has 1 aliphatic carbocycles. The fraction of sp³-hybridized carbons (Fsp3) is 0.833. The zero-order valence-corrected chi connectivity index (χ0v) is 10.7. The summed E-state index contributed by atoms with van der Waals surface area (Å²) in [5.74, 6) is 1.86. The number of carbonyl (C=O) groups excluding carboxylic acids is 1. The summed E-state index contributed by atoms with van der Waals surface area (Å²) in [5, 5.41) is 3.67. The number of nitrogens with zero attached hydrogens (tertiary/aromatic N) is 1. The molecule has 0 bridgehead atoms. The summed E-state index contributed by atoms with van der Waals surface area (Å²) in [7, 11) is 0. The highest BCUT2D eigenvalue weighted by Gasteiger charge is 2.25. The molecule has 0 aromatic rings. The molecule has 2 rings (SSSR count). The number of amidine groups is 1. The van der Waals surface area contributed by atoms with Crippen LogP contribution >= 0.6 is 11.8 Å². The lowest BCUT2D eigenvalue weighted by Crippen LogP contribution is -2.30. The monoisotopic (exact) mass is 240 g/mol. The first kappa shape index (κ1) is 12.0. The van der Waals surface area contributed by atoms with Crippen LogP contribution in [0.4, 0.5) is 0 Å². The molecule has 0 aromatic heterocycles. The Bertz CT molecular complexity index is 285. The van der Waals surface area contributed by atoms with Gasteiger partial charge in [0.1, 0.15) is 11.9 Å². The fourth-order valence-electron chi connectivity index (χ4n) is 2.28. The van der Waals surface area contributed by atoms with E-state index in [0.29, 0.717) is 0 Å². The van der Waals surface area contributed by atoms with Gasteiger partial charge in [-0.2, -0.15) is 11.8 Å². The molecule has 2 aliphatic rings. The van der Waals surface area contributed by atoms with Gasteiger partial charge in [-0.05, 0) is 19.3 Å². The van der Waals surface area contributed by atoms with Gasteiger partial charge in [0.2, 0.25) is 5.91 Å². The predicted molar refractivity (Wildman–Crippen MR) is 69.0 cm³/mol. The molecule has 0 saturated heterocycles. The van der Waals surface area contributed by atoms with Crippen molar-refractivity contribution < 1.29 is 4.79 Å². The Hall–Kier alpha value is -0.510. The van der Waals surface area contributed by atoms with Crippen LogP contribution in [0, 0.1) is 0 Å². The van der Waals surface area contributed by atoms with Gasteiger partial charge < -0.3 is 5.32 Å². The number of aliphatic imine (C=N–C) groups is 1. The van der Waals surface area contributed by atoms with Crippen molar-refractivity contribution in [3.8, 4) is 0 Å². The average molecular weight is 240 g/mol. The summed E-state index contributed by atoms with van der Waals surface area (Å²) < 4.78 is 0. The molecule has 1 N–H and O–H groups in total. The minimum absolute atomic E-state index is 0.0849. The van der Waals surface area contributed by atoms with Gasteiger partial charge in [-0.15, -0.1) is 0 Å². The number of thioether (sulfide) groups is 1. The topological polar surface area (TPSA) is 41.5 Å². The van der Waals surface area contributed by atoms with Crippen LogP contribution in [0.2, 0.25) is 0 Å². The highest BCUT2D eigenvalue weighted by atomic mass is 32.2. The molecular formula is C12H20N2OS. The van der Waals surface area contributed by atoms with Crippen molar-refractivity contribution in [2.24, 2.45) is 4.99 Å². The number of hydrogen-bond acceptors (Lipinski definition) is 3. The largest absolute Gasteiger partial charge is 0.312 e. The van der Waals surface area contributed by atoms with Gasteiger partial charge in [-0.25, -0.2) is 0 Å². The van der Waals surface area contributed by atoms with Crippen LogP contribution in [0.3, 0.4) is 0 Å². The molecule has 3 nitrogen and oxygen atoms in total. The molecule has 4 heteroatoms. The van der Waals surface area contributed by atoms with E-state index in [1.54, 1.807) is 0 Å². The Morgan fingerprint density at radius 2 is 2.12 bits per heavy atom. The molecule has 1 amide bonds. The molecule has 16 heavy (non-hydrogen) atoms. The third-order valence-electron chi connectivity index (χ3n) is 3.28. The lowest BCUT2D eigenvalue weighted by Gasteiger charge is -2.20. The Morgan fingerprint density at radius 1 is 1.38 bits per heavy atom. The van der Waals surface area contributed by atoms with Crippen LogP contribution in [0.15, 0.2) is 4.99 Å². The van der Waals surface area contributed by atoms with Gasteiger partial charge in [0.05, 0.1) is 5.75 Å². The van der Waals surface area contributed by atoms with Crippen molar-refractivity contribution in [3.05, 3.63) is 0 Å². The first-order valence-electron chi connectivity index (χ1n) is 6.28. The van der Waals surface area contributed by atoms with Crippen LogP contribution in [-0.2, 0) is 4.79 Å². The second kappa shape index (κ2) is 5.71. The van der Waals surface area contributed by atoms with Crippen molar-refractivity contribution >= 4 is 23.5 Å². The van der Waals surface area contributed by atoms with Gasteiger partial charge >= 0.3 is 0 Å². The Morgan fingerprint density at radius 3 is 2.75 bits per heavy atom. The SMILES string of the molecule is CCC1N=C(CSC2CCCCC2)NC1=O. The fourth-order valence-corrected chi connectivity index (χ4v) is 3.49. The molecule has 1 aliphatic heterocycles. The molecule has 1 atom stereocenters. The quantitative estimate of drug-likeness (QED) is 0.819. The van der Waals surface area contributed by atoms with E-state index in [1.807, 2.05) is 18.7 Å². The van der Waals surface area contributed by atoms with Crippen LogP contribution in [0.25, 0.3) is 0 Å². The second-order valence-electron chi connectivity index (χ2n) is 4.56. The maximum absolute atomic E-state index is 11.4. The Kier molecular flexibility index (Phi) is 4.27. The van der Waals surface area contributed by atoms with Crippen LogP contribution in [-0.4, -0.2) is 28.8 Å². The minimum Gasteiger partial charge on any atom is -0.312 e. The van der Waals surface area contributed by atoms with E-state index in [2.05, 4.69) is 10.3 Å². The predicted octanol–water partition coefficient (Wildman–Crippen LogP) is 2.36. The smallest absolute Gasteiger partial charge is 0.250 e. The summed E-state index contributed by atoms with van der Waals surface area (Å²) >= 11 is 1.96. The number of carbonyl (C=O) groups is 1. The molecule has 1 heterocycles. The van der Waals surface area contributed by atoms with E-state index in [4.69, 9.17) is 0 Å². The second-order valence-corrected chi connectivity index (χ2v) is 5.85. The lowest BCUT2D eigenvalue weighted by atomic mass is 10.0. The molecule has 1 fully saturated rings. The summed E-state index contributed by atoms with van der Waals surface area (Å²) in [6.07, 6.45) is 7.62. The molecule has 90 valence electrons. The highest BCUT2D eigenvalue weighted by molar-refractivity contribution is 8.00. The van der Waals surface area contributed by atoms with Crippen molar-refractivity contribution in [1.29, 1.82) is 0 Å². The average Bonchev–Trinajstić information content (AvgIpc) is 2.69. The van der Waals surface area contributed by atoms with Crippen molar-refractivity contribution in [3.63, 3.8) is 0 Å². The summed E-state index contributed by atoms with van der Waals surface area (Å²) in [6, 6.07) is -0.123. The zero-order chi connectivity index (χ0) is 11.4. The van der Waals surface area contributed by atoms with Crippen molar-refractivity contribution in [2.75, 3.05) is 5.75 Å². The molecule has 0 radical (unpaired) electrons. The van der Waals surface area contributed by atoms with E-state index < -0.39 is 0 Å². The van der Waals surface area contributed by atoms with Gasteiger partial charge in [-0.1, -0.05) is 26.2 Å². The van der Waals surface area contributed by atoms with Gasteiger partial charge in [0.15, 0.2) is 0 Å². The summed E-state index contributed by atoms with van der Waals surface area (Å²) in [6.45, 7) is 2.00. The van der Waals surface area contributed by atoms with E-state index in [-0.39, 0.29) is 11.9 Å². The Labute approximate surface area is 101 Å². The first-order chi connectivity index (χ1) is 7.79. The third kappa shape index (κ3) is 3.00. The Balaban J connectivity index is 1.75. The number of nitrogens with one attached hydrogen (secondary N) is 1. The molecule has 0 spiro atoms. The zero-order valence-electron chi connectivity index (χ0n) is 9.87. The number of rotatable bonds is 4. The van der Waals surface area contributed by atoms with E-state index in [1.165, 1.54) is 32.1 Å². The maximum Gasteiger partial charge on any atom is 0.250 e. The molecule has 1 saturated carbocycles. The molecule has 1 unspecified atom stereocenters. The third-order valence-corrected chi connectivity index (χ3v) is 4.66. The van der Waals surface area contributed by atoms with E-state index in [9.17, 15) is 4.79 Å². The maximum atomic E-state index is 11.4. The van der Waals surface area contributed by atoms with Crippen molar-refractivity contribution in [1.82, 2.24) is 5.32 Å². The minimum atomic E-state index is -0.123. The van der Waals surface area contributed by atoms with Crippen LogP contribution in [0.5, 0.6) is 0 Å². The summed E-state index contributed by atoms with van der Waals surface area (Å²) in [4.78, 5) is 15.8.